The average Bonchev–Trinajstić information content (AvgIpc) is 3.54. The van der Waals surface area contributed by atoms with Gasteiger partial charge in [-0.3, -0.25) is 19.4 Å². The molecule has 2 N–H and O–H groups in total. The fourth-order valence-corrected chi connectivity index (χ4v) is 6.52. The standard InChI is InChI=1S/C29H32N4O4/c1-18-9-11-21(12-10-18)31-26(34)23-22-13-14-29(37-22)24(23)28(36)33(17-19-6-5-15-30-16-19)25(29)27(35)32-20-7-3-2-4-8-20/h5-6,9-16,20,22-25H,2-4,7-8,17H2,1H3,(H,31,34)(H,32,35)/t22-,23+,24-,25+,29-/m1/s1. The third-order valence-corrected chi connectivity index (χ3v) is 8.27. The predicted octanol–water partition coefficient (Wildman–Crippen LogP) is 3.13. The van der Waals surface area contributed by atoms with Crippen LogP contribution < -0.4 is 10.6 Å². The van der Waals surface area contributed by atoms with Gasteiger partial charge in [0.15, 0.2) is 0 Å². The van der Waals surface area contributed by atoms with Crippen LogP contribution in [0.25, 0.3) is 0 Å². The van der Waals surface area contributed by atoms with Gasteiger partial charge >= 0.3 is 0 Å². The number of aryl methyl sites for hydroxylation is 1. The maximum atomic E-state index is 14.0. The second-order valence-electron chi connectivity index (χ2n) is 10.7. The molecular formula is C29H32N4O4. The molecule has 4 aliphatic rings. The second kappa shape index (κ2) is 9.41. The molecule has 1 aromatic carbocycles. The number of anilines is 1. The lowest BCUT2D eigenvalue weighted by molar-refractivity contribution is -0.142. The van der Waals surface area contributed by atoms with Crippen LogP contribution in [0.5, 0.6) is 0 Å². The Bertz CT molecular complexity index is 1220. The number of hydrogen-bond donors (Lipinski definition) is 2. The zero-order chi connectivity index (χ0) is 25.6. The van der Waals surface area contributed by atoms with Gasteiger partial charge in [-0.05, 0) is 43.5 Å². The van der Waals surface area contributed by atoms with Crippen molar-refractivity contribution in [1.82, 2.24) is 15.2 Å². The molecule has 8 nitrogen and oxygen atoms in total. The summed E-state index contributed by atoms with van der Waals surface area (Å²) in [5.74, 6) is -2.21. The zero-order valence-corrected chi connectivity index (χ0v) is 20.9. The minimum Gasteiger partial charge on any atom is -0.359 e. The lowest BCUT2D eigenvalue weighted by Gasteiger charge is -2.34. The van der Waals surface area contributed by atoms with Crippen LogP contribution in [-0.2, 0) is 25.7 Å². The van der Waals surface area contributed by atoms with Crippen molar-refractivity contribution in [3.05, 3.63) is 72.1 Å². The number of rotatable bonds is 6. The summed E-state index contributed by atoms with van der Waals surface area (Å²) in [5, 5.41) is 6.18. The first-order chi connectivity index (χ1) is 18.0. The number of nitrogens with zero attached hydrogens (tertiary/aromatic N) is 2. The quantitative estimate of drug-likeness (QED) is 0.594. The molecule has 5 atom stereocenters. The number of carbonyl (C=O) groups excluding carboxylic acids is 3. The number of ether oxygens (including phenoxy) is 1. The van der Waals surface area contributed by atoms with E-state index in [-0.39, 0.29) is 30.3 Å². The highest BCUT2D eigenvalue weighted by molar-refractivity contribution is 6.02. The number of nitrogens with one attached hydrogen (secondary N) is 2. The van der Waals surface area contributed by atoms with E-state index in [0.29, 0.717) is 5.69 Å². The molecule has 1 saturated carbocycles. The molecule has 3 fully saturated rings. The van der Waals surface area contributed by atoms with Crippen LogP contribution in [0.4, 0.5) is 5.69 Å². The highest BCUT2D eigenvalue weighted by Crippen LogP contribution is 2.55. The molecule has 2 bridgehead atoms. The highest BCUT2D eigenvalue weighted by atomic mass is 16.5. The topological polar surface area (TPSA) is 101 Å². The van der Waals surface area contributed by atoms with Gasteiger partial charge in [-0.25, -0.2) is 0 Å². The van der Waals surface area contributed by atoms with Crippen molar-refractivity contribution in [2.45, 2.75) is 69.4 Å². The monoisotopic (exact) mass is 500 g/mol. The zero-order valence-electron chi connectivity index (χ0n) is 20.9. The van der Waals surface area contributed by atoms with Crippen LogP contribution in [0.2, 0.25) is 0 Å². The van der Waals surface area contributed by atoms with Crippen molar-refractivity contribution in [2.75, 3.05) is 5.32 Å². The Labute approximate surface area is 216 Å². The summed E-state index contributed by atoms with van der Waals surface area (Å²) in [6, 6.07) is 10.5. The number of likely N-dealkylation sites (tertiary alicyclic amines) is 1. The molecule has 3 amide bonds. The number of aromatic nitrogens is 1. The lowest BCUT2D eigenvalue weighted by Crippen LogP contribution is -2.56. The molecule has 6 rings (SSSR count). The van der Waals surface area contributed by atoms with Gasteiger partial charge in [0.1, 0.15) is 11.6 Å². The van der Waals surface area contributed by atoms with E-state index in [1.54, 1.807) is 17.3 Å². The third-order valence-electron chi connectivity index (χ3n) is 8.27. The van der Waals surface area contributed by atoms with Crippen LogP contribution in [0.1, 0.15) is 43.2 Å². The first kappa shape index (κ1) is 23.9. The molecule has 1 aliphatic carbocycles. The first-order valence-corrected chi connectivity index (χ1v) is 13.2. The molecule has 1 spiro atoms. The fraction of sp³-hybridized carbons (Fsp3) is 0.448. The van der Waals surface area contributed by atoms with Gasteiger partial charge in [0.25, 0.3) is 0 Å². The van der Waals surface area contributed by atoms with Gasteiger partial charge in [0.05, 0.1) is 17.9 Å². The SMILES string of the molecule is Cc1ccc(NC(=O)[C@H]2[C@H]3C=C[C@]4(O3)[C@H](C(=O)NC3CCCCC3)N(Cc3cccnc3)C(=O)[C@@H]24)cc1. The Morgan fingerprint density at radius 1 is 1.11 bits per heavy atom. The van der Waals surface area contributed by atoms with Gasteiger partial charge in [-0.15, -0.1) is 0 Å². The van der Waals surface area contributed by atoms with Crippen molar-refractivity contribution in [1.29, 1.82) is 0 Å². The summed E-state index contributed by atoms with van der Waals surface area (Å²) in [6.45, 7) is 2.21. The van der Waals surface area contributed by atoms with E-state index in [2.05, 4.69) is 15.6 Å². The summed E-state index contributed by atoms with van der Waals surface area (Å²) in [7, 11) is 0. The molecule has 4 heterocycles. The highest BCUT2D eigenvalue weighted by Gasteiger charge is 2.72. The summed E-state index contributed by atoms with van der Waals surface area (Å²) in [5.41, 5.74) is 1.41. The van der Waals surface area contributed by atoms with Crippen LogP contribution in [0.3, 0.4) is 0 Å². The van der Waals surface area contributed by atoms with Crippen LogP contribution >= 0.6 is 0 Å². The Kier molecular flexibility index (Phi) is 6.07. The summed E-state index contributed by atoms with van der Waals surface area (Å²) in [6.07, 6.45) is 11.7. The predicted molar refractivity (Wildman–Crippen MR) is 137 cm³/mol. The minimum atomic E-state index is -1.17. The second-order valence-corrected chi connectivity index (χ2v) is 10.7. The molecule has 37 heavy (non-hydrogen) atoms. The Balaban J connectivity index is 1.32. The van der Waals surface area contributed by atoms with Crippen molar-refractivity contribution in [3.8, 4) is 0 Å². The van der Waals surface area contributed by atoms with E-state index in [9.17, 15) is 14.4 Å². The smallest absolute Gasteiger partial charge is 0.246 e. The van der Waals surface area contributed by atoms with E-state index in [0.717, 1.165) is 36.8 Å². The van der Waals surface area contributed by atoms with E-state index >= 15 is 0 Å². The number of pyridine rings is 1. The average molecular weight is 501 g/mol. The van der Waals surface area contributed by atoms with Gasteiger partial charge < -0.3 is 20.3 Å². The van der Waals surface area contributed by atoms with E-state index < -0.39 is 29.6 Å². The first-order valence-electron chi connectivity index (χ1n) is 13.2. The third kappa shape index (κ3) is 4.13. The molecule has 2 saturated heterocycles. The van der Waals surface area contributed by atoms with E-state index in [1.807, 2.05) is 55.5 Å². The Morgan fingerprint density at radius 3 is 2.62 bits per heavy atom. The molecule has 3 aliphatic heterocycles. The summed E-state index contributed by atoms with van der Waals surface area (Å²) in [4.78, 5) is 47.2. The van der Waals surface area contributed by atoms with Crippen molar-refractivity contribution in [3.63, 3.8) is 0 Å². The molecular weight excluding hydrogens is 468 g/mol. The number of amides is 3. The van der Waals surface area contributed by atoms with E-state index in [4.69, 9.17) is 4.74 Å². The molecule has 1 aromatic heterocycles. The van der Waals surface area contributed by atoms with Gasteiger partial charge in [0.2, 0.25) is 17.7 Å². The van der Waals surface area contributed by atoms with Crippen molar-refractivity contribution >= 4 is 23.4 Å². The summed E-state index contributed by atoms with van der Waals surface area (Å²) >= 11 is 0. The fourth-order valence-electron chi connectivity index (χ4n) is 6.52. The molecule has 2 aromatic rings. The maximum absolute atomic E-state index is 14.0. The van der Waals surface area contributed by atoms with Gasteiger partial charge in [-0.1, -0.05) is 55.2 Å². The van der Waals surface area contributed by atoms with Crippen LogP contribution in [0.15, 0.2) is 60.9 Å². The normalized spacial score (nSPS) is 30.4. The van der Waals surface area contributed by atoms with Crippen LogP contribution in [-0.4, -0.2) is 51.4 Å². The number of carbonyl (C=O) groups is 3. The Hall–Kier alpha value is -3.52. The van der Waals surface area contributed by atoms with Gasteiger partial charge in [-0.2, -0.15) is 0 Å². The molecule has 192 valence electrons. The lowest BCUT2D eigenvalue weighted by atomic mass is 9.74. The minimum absolute atomic E-state index is 0.0928. The summed E-state index contributed by atoms with van der Waals surface area (Å²) < 4.78 is 6.42. The van der Waals surface area contributed by atoms with Crippen LogP contribution in [0, 0.1) is 18.8 Å². The number of hydrogen-bond acceptors (Lipinski definition) is 5. The van der Waals surface area contributed by atoms with Gasteiger partial charge in [0, 0.05) is 30.7 Å². The molecule has 8 heteroatoms. The van der Waals surface area contributed by atoms with E-state index in [1.165, 1.54) is 6.42 Å². The maximum Gasteiger partial charge on any atom is 0.246 e. The van der Waals surface area contributed by atoms with Crippen molar-refractivity contribution < 1.29 is 19.1 Å². The van der Waals surface area contributed by atoms with Crippen molar-refractivity contribution in [2.24, 2.45) is 11.8 Å². The molecule has 0 radical (unpaired) electrons. The Morgan fingerprint density at radius 2 is 1.89 bits per heavy atom. The number of fused-ring (bicyclic) bond motifs is 1. The number of benzene rings is 1. The molecule has 0 unspecified atom stereocenters. The largest absolute Gasteiger partial charge is 0.359 e.